The average Bonchev–Trinajstić information content (AvgIpc) is 3.43. The van der Waals surface area contributed by atoms with Gasteiger partial charge in [-0.25, -0.2) is 4.79 Å². The van der Waals surface area contributed by atoms with Gasteiger partial charge in [0.05, 0.1) is 19.8 Å². The molecule has 212 valence electrons. The first-order valence-electron chi connectivity index (χ1n) is 13.6. The molecule has 8 heteroatoms. The number of carboxylic acids is 1. The van der Waals surface area contributed by atoms with Crippen molar-refractivity contribution in [2.45, 2.75) is 45.4 Å². The number of rotatable bonds is 14. The van der Waals surface area contributed by atoms with Gasteiger partial charge in [0.15, 0.2) is 0 Å². The lowest BCUT2D eigenvalue weighted by atomic mass is 9.93. The summed E-state index contributed by atoms with van der Waals surface area (Å²) in [7, 11) is 0. The molecule has 1 amide bonds. The molecule has 40 heavy (non-hydrogen) atoms. The highest BCUT2D eigenvalue weighted by Gasteiger charge is 2.23. The zero-order chi connectivity index (χ0) is 28.5. The molecule has 0 spiro atoms. The fraction of sp³-hybridized carbons (Fsp3) is 0.375. The van der Waals surface area contributed by atoms with Gasteiger partial charge in [-0.3, -0.25) is 4.79 Å². The molecule has 0 aromatic heterocycles. The van der Waals surface area contributed by atoms with Crippen molar-refractivity contribution in [2.75, 3.05) is 31.8 Å². The minimum Gasteiger partial charge on any atom is -0.493 e. The topological polar surface area (TPSA) is 94.1 Å². The van der Waals surface area contributed by atoms with Crippen LogP contribution < -0.4 is 10.1 Å². The molecule has 1 aliphatic rings. The number of fused-ring (bicyclic) bond motifs is 1. The Morgan fingerprint density at radius 2 is 1.93 bits per heavy atom. The fourth-order valence-electron chi connectivity index (χ4n) is 4.78. The van der Waals surface area contributed by atoms with E-state index in [2.05, 4.69) is 11.4 Å². The second-order valence-electron chi connectivity index (χ2n) is 9.77. The first-order chi connectivity index (χ1) is 19.4. The van der Waals surface area contributed by atoms with Gasteiger partial charge in [-0.1, -0.05) is 36.4 Å². The van der Waals surface area contributed by atoms with Gasteiger partial charge in [0.1, 0.15) is 17.9 Å². The van der Waals surface area contributed by atoms with Gasteiger partial charge >= 0.3 is 5.97 Å². The van der Waals surface area contributed by atoms with Crippen molar-refractivity contribution < 1.29 is 28.9 Å². The van der Waals surface area contributed by atoms with Crippen molar-refractivity contribution >= 4 is 23.6 Å². The fourth-order valence-corrected chi connectivity index (χ4v) is 5.25. The number of carbonyl (C=O) groups is 2. The third-order valence-corrected chi connectivity index (χ3v) is 7.63. The van der Waals surface area contributed by atoms with Crippen LogP contribution in [-0.2, 0) is 27.3 Å². The number of ether oxygens (including phenoxy) is 3. The molecule has 4 rings (SSSR count). The summed E-state index contributed by atoms with van der Waals surface area (Å²) in [4.78, 5) is 25.1. The Morgan fingerprint density at radius 3 is 2.67 bits per heavy atom. The summed E-state index contributed by atoms with van der Waals surface area (Å²) in [6.07, 6.45) is 2.89. The van der Waals surface area contributed by atoms with E-state index in [0.29, 0.717) is 44.2 Å². The van der Waals surface area contributed by atoms with Crippen LogP contribution in [0.25, 0.3) is 11.1 Å². The smallest absolute Gasteiger partial charge is 0.326 e. The Morgan fingerprint density at radius 1 is 1.10 bits per heavy atom. The minimum atomic E-state index is -1.04. The van der Waals surface area contributed by atoms with E-state index in [-0.39, 0.29) is 6.10 Å². The maximum atomic E-state index is 13.4. The summed E-state index contributed by atoms with van der Waals surface area (Å²) in [5, 5.41) is 12.4. The maximum absolute atomic E-state index is 13.4. The van der Waals surface area contributed by atoms with Crippen LogP contribution >= 0.6 is 11.8 Å². The van der Waals surface area contributed by atoms with E-state index in [1.54, 1.807) is 17.8 Å². The molecule has 3 aromatic carbocycles. The molecule has 0 fully saturated rings. The van der Waals surface area contributed by atoms with E-state index in [0.717, 1.165) is 40.0 Å². The number of amides is 1. The van der Waals surface area contributed by atoms with Crippen LogP contribution in [0.3, 0.4) is 0 Å². The predicted octanol–water partition coefficient (Wildman–Crippen LogP) is 5.83. The van der Waals surface area contributed by atoms with Crippen molar-refractivity contribution in [3.63, 3.8) is 0 Å². The van der Waals surface area contributed by atoms with Gasteiger partial charge in [0.25, 0.3) is 5.91 Å². The second kappa shape index (κ2) is 14.3. The Labute approximate surface area is 240 Å². The highest BCUT2D eigenvalue weighted by atomic mass is 32.2. The van der Waals surface area contributed by atoms with Crippen LogP contribution in [0.4, 0.5) is 0 Å². The molecular weight excluding hydrogens is 526 g/mol. The summed E-state index contributed by atoms with van der Waals surface area (Å²) in [5.41, 5.74) is 6.21. The lowest BCUT2D eigenvalue weighted by Crippen LogP contribution is -2.41. The Kier molecular flexibility index (Phi) is 10.6. The van der Waals surface area contributed by atoms with Crippen LogP contribution in [0.5, 0.6) is 5.75 Å². The van der Waals surface area contributed by atoms with Crippen molar-refractivity contribution in [2.24, 2.45) is 0 Å². The minimum absolute atomic E-state index is 0.261. The lowest BCUT2D eigenvalue weighted by Gasteiger charge is -2.20. The Balaban J connectivity index is 1.60. The third-order valence-electron chi connectivity index (χ3n) is 6.99. The molecule has 0 aliphatic carbocycles. The van der Waals surface area contributed by atoms with E-state index in [1.165, 1.54) is 5.56 Å². The molecule has 0 saturated carbocycles. The van der Waals surface area contributed by atoms with Crippen molar-refractivity contribution in [3.8, 4) is 16.9 Å². The normalized spacial score (nSPS) is 13.8. The Hall–Kier alpha value is -3.33. The average molecular weight is 564 g/mol. The monoisotopic (exact) mass is 563 g/mol. The number of aryl methyl sites for hydroxylation is 1. The number of carbonyl (C=O) groups excluding carboxylic acids is 1. The van der Waals surface area contributed by atoms with Gasteiger partial charge < -0.3 is 24.6 Å². The molecule has 0 saturated heterocycles. The van der Waals surface area contributed by atoms with Crippen molar-refractivity contribution in [3.05, 3.63) is 88.5 Å². The van der Waals surface area contributed by atoms with Crippen molar-refractivity contribution in [1.82, 2.24) is 5.32 Å². The number of thioether (sulfide) groups is 1. The lowest BCUT2D eigenvalue weighted by molar-refractivity contribution is -0.139. The summed E-state index contributed by atoms with van der Waals surface area (Å²) in [5.74, 6) is 0.115. The second-order valence-corrected chi connectivity index (χ2v) is 10.8. The molecular formula is C32H37NO6S. The van der Waals surface area contributed by atoms with Crippen LogP contribution in [0.1, 0.15) is 52.1 Å². The highest BCUT2D eigenvalue weighted by molar-refractivity contribution is 7.98. The van der Waals surface area contributed by atoms with Crippen LogP contribution in [0.2, 0.25) is 0 Å². The van der Waals surface area contributed by atoms with Gasteiger partial charge in [0.2, 0.25) is 0 Å². The summed E-state index contributed by atoms with van der Waals surface area (Å²) in [6, 6.07) is 18.6. The number of aliphatic carboxylic acids is 1. The predicted molar refractivity (Wildman–Crippen MR) is 158 cm³/mol. The van der Waals surface area contributed by atoms with Gasteiger partial charge in [0, 0.05) is 18.6 Å². The SMILES string of the molecule is CCOC[C@H](OCc1ccc(C(=O)N[C@@H](CCSC)C(=O)O)c(-c2ccccc2C)c1)c1ccc2c(c1)CCO2. The van der Waals surface area contributed by atoms with E-state index in [4.69, 9.17) is 14.2 Å². The van der Waals surface area contributed by atoms with E-state index in [1.807, 2.05) is 68.6 Å². The van der Waals surface area contributed by atoms with Crippen LogP contribution in [-0.4, -0.2) is 54.9 Å². The first kappa shape index (κ1) is 29.6. The summed E-state index contributed by atoms with van der Waals surface area (Å²) >= 11 is 1.55. The number of hydrogen-bond acceptors (Lipinski definition) is 6. The largest absolute Gasteiger partial charge is 0.493 e. The summed E-state index contributed by atoms with van der Waals surface area (Å²) in [6.45, 7) is 5.98. The molecule has 1 heterocycles. The molecule has 0 radical (unpaired) electrons. The van der Waals surface area contributed by atoms with Gasteiger partial charge in [-0.15, -0.1) is 0 Å². The number of nitrogens with one attached hydrogen (secondary N) is 1. The highest BCUT2D eigenvalue weighted by Crippen LogP contribution is 2.32. The van der Waals surface area contributed by atoms with E-state index < -0.39 is 17.9 Å². The maximum Gasteiger partial charge on any atom is 0.326 e. The molecule has 0 unspecified atom stereocenters. The van der Waals surface area contributed by atoms with Gasteiger partial charge in [-0.05, 0) is 89.9 Å². The molecule has 7 nitrogen and oxygen atoms in total. The zero-order valence-corrected chi connectivity index (χ0v) is 24.1. The molecule has 1 aliphatic heterocycles. The standard InChI is InChI=1S/C32H37NO6S/c1-4-37-20-30(23-10-12-29-24(18-23)13-15-38-29)39-19-22-9-11-26(27(17-22)25-8-6-5-7-21(25)2)31(34)33-28(32(35)36)14-16-40-3/h5-12,17-18,28,30H,4,13-16,19-20H2,1-3H3,(H,33,34)(H,35,36)/t28-,30-/m0/s1. The molecule has 2 N–H and O–H groups in total. The van der Waals surface area contributed by atoms with E-state index in [9.17, 15) is 14.7 Å². The number of benzene rings is 3. The first-order valence-corrected chi connectivity index (χ1v) is 15.0. The molecule has 0 bridgehead atoms. The van der Waals surface area contributed by atoms with E-state index >= 15 is 0 Å². The molecule has 3 aromatic rings. The quantitative estimate of drug-likeness (QED) is 0.255. The number of carboxylic acid groups (broad SMARTS) is 1. The molecule has 2 atom stereocenters. The van der Waals surface area contributed by atoms with Crippen LogP contribution in [0, 0.1) is 6.92 Å². The summed E-state index contributed by atoms with van der Waals surface area (Å²) < 4.78 is 17.8. The number of hydrogen-bond donors (Lipinski definition) is 2. The zero-order valence-electron chi connectivity index (χ0n) is 23.3. The van der Waals surface area contributed by atoms with Crippen LogP contribution in [0.15, 0.2) is 60.7 Å². The Bertz CT molecular complexity index is 1330. The third kappa shape index (κ3) is 7.44. The van der Waals surface area contributed by atoms with Crippen molar-refractivity contribution in [1.29, 1.82) is 0 Å². The van der Waals surface area contributed by atoms with Gasteiger partial charge in [-0.2, -0.15) is 11.8 Å².